The average molecular weight is 276 g/mol. The molecule has 94 valence electrons. The first kappa shape index (κ1) is 12.9. The van der Waals surface area contributed by atoms with Gasteiger partial charge in [0, 0.05) is 6.42 Å². The summed E-state index contributed by atoms with van der Waals surface area (Å²) in [4.78, 5) is 8.77. The molecule has 2 heterocycles. The number of aryl methyl sites for hydroxylation is 1. The van der Waals surface area contributed by atoms with Crippen LogP contribution in [-0.4, -0.2) is 37.5 Å². The summed E-state index contributed by atoms with van der Waals surface area (Å²) >= 11 is 4.74. The Balaban J connectivity index is 2.40. The first-order valence-corrected chi connectivity index (χ1v) is 6.96. The van der Waals surface area contributed by atoms with Crippen LogP contribution in [0.5, 0.6) is 0 Å². The Bertz CT molecular complexity index is 442. The summed E-state index contributed by atoms with van der Waals surface area (Å²) in [5.74, 6) is 1.02. The quantitative estimate of drug-likeness (QED) is 0.635. The molecule has 0 aromatic carbocycles. The van der Waals surface area contributed by atoms with Crippen molar-refractivity contribution in [3.8, 4) is 0 Å². The van der Waals surface area contributed by atoms with Gasteiger partial charge >= 0.3 is 0 Å². The molecule has 1 aromatic rings. The molecule has 0 spiro atoms. The summed E-state index contributed by atoms with van der Waals surface area (Å²) < 4.78 is 11.9. The average Bonchev–Trinajstić information content (AvgIpc) is 2.59. The summed E-state index contributed by atoms with van der Waals surface area (Å²) in [5, 5.41) is 12.4. The number of hydrogen-bond donors (Lipinski definition) is 2. The Kier molecular flexibility index (Phi) is 3.49. The second kappa shape index (κ2) is 4.61. The lowest BCUT2D eigenvalue weighted by Gasteiger charge is -2.24. The minimum Gasteiger partial charge on any atom is -0.611 e. The monoisotopic (exact) mass is 275 g/mol. The van der Waals surface area contributed by atoms with E-state index in [1.165, 1.54) is 0 Å². The number of rotatable bonds is 3. The second-order valence-corrected chi connectivity index (χ2v) is 6.43. The number of nitrogens with one attached hydrogen (secondary N) is 1. The van der Waals surface area contributed by atoms with Crippen molar-refractivity contribution in [2.75, 3.05) is 17.7 Å². The van der Waals surface area contributed by atoms with Crippen LogP contribution in [-0.2, 0) is 17.6 Å². The fourth-order valence-electron chi connectivity index (χ4n) is 1.61. The summed E-state index contributed by atoms with van der Waals surface area (Å²) in [7, 11) is 0. The Hall–Kier alpha value is -0.560. The first-order valence-electron chi connectivity index (χ1n) is 5.27. The molecule has 1 unspecified atom stereocenters. The van der Waals surface area contributed by atoms with Gasteiger partial charge in [0.25, 0.3) is 0 Å². The van der Waals surface area contributed by atoms with Gasteiger partial charge in [0.1, 0.15) is 11.4 Å². The molecule has 0 saturated carbocycles. The van der Waals surface area contributed by atoms with Gasteiger partial charge < -0.3 is 15.0 Å². The van der Waals surface area contributed by atoms with E-state index in [4.69, 9.17) is 11.6 Å². The van der Waals surface area contributed by atoms with Crippen molar-refractivity contribution >= 4 is 28.6 Å². The third-order valence-corrected chi connectivity index (χ3v) is 4.14. The lowest BCUT2D eigenvalue weighted by atomic mass is 10.1. The van der Waals surface area contributed by atoms with Gasteiger partial charge in [-0.25, -0.2) is 4.98 Å². The van der Waals surface area contributed by atoms with E-state index in [1.807, 2.05) is 13.8 Å². The van der Waals surface area contributed by atoms with E-state index in [0.29, 0.717) is 22.9 Å². The predicted octanol–water partition coefficient (Wildman–Crippen LogP) is 0.977. The summed E-state index contributed by atoms with van der Waals surface area (Å²) in [6.07, 6.45) is 0.651. The van der Waals surface area contributed by atoms with Gasteiger partial charge in [-0.2, -0.15) is 4.98 Å². The highest BCUT2D eigenvalue weighted by Gasteiger charge is 2.33. The Morgan fingerprint density at radius 3 is 2.88 bits per heavy atom. The van der Waals surface area contributed by atoms with E-state index in [0.717, 1.165) is 5.69 Å². The zero-order valence-corrected chi connectivity index (χ0v) is 11.2. The topological polar surface area (TPSA) is 81.1 Å². The highest BCUT2D eigenvalue weighted by atomic mass is 35.5. The Labute approximate surface area is 108 Å². The molecular formula is C10H14ClN3O2S. The summed E-state index contributed by atoms with van der Waals surface area (Å²) in [6, 6.07) is 0. The van der Waals surface area contributed by atoms with E-state index < -0.39 is 16.7 Å². The second-order valence-electron chi connectivity index (χ2n) is 4.58. The van der Waals surface area contributed by atoms with Gasteiger partial charge in [-0.15, -0.1) is 0 Å². The number of fused-ring (bicyclic) bond motifs is 1. The number of halogens is 1. The fourth-order valence-corrected chi connectivity index (χ4v) is 3.10. The molecule has 0 aliphatic carbocycles. The number of aliphatic hydroxyl groups excluding tert-OH is 1. The molecule has 0 radical (unpaired) electrons. The van der Waals surface area contributed by atoms with E-state index >= 15 is 0 Å². The van der Waals surface area contributed by atoms with E-state index in [1.54, 1.807) is 0 Å². The Morgan fingerprint density at radius 1 is 1.53 bits per heavy atom. The van der Waals surface area contributed by atoms with E-state index in [2.05, 4.69) is 15.3 Å². The normalized spacial score (nSPS) is 19.2. The smallest absolute Gasteiger partial charge is 0.224 e. The van der Waals surface area contributed by atoms with Crippen LogP contribution in [0, 0.1) is 0 Å². The van der Waals surface area contributed by atoms with Crippen LogP contribution >= 0.6 is 11.6 Å². The highest BCUT2D eigenvalue weighted by molar-refractivity contribution is 7.91. The van der Waals surface area contributed by atoms with Gasteiger partial charge in [-0.1, -0.05) is 0 Å². The summed E-state index contributed by atoms with van der Waals surface area (Å²) in [5.41, 5.74) is 0.192. The number of aromatic nitrogens is 2. The molecule has 5 nitrogen and oxygen atoms in total. The standard InChI is InChI=1S/C10H14ClN3O2S/c1-10(2,5-15)14-8-7-6(3-4-17(7)16)12-9(11)13-8/h15H,3-5H2,1-2H3,(H,12,13,14). The van der Waals surface area contributed by atoms with Crippen LogP contribution in [0.3, 0.4) is 0 Å². The molecular weight excluding hydrogens is 262 g/mol. The van der Waals surface area contributed by atoms with E-state index in [-0.39, 0.29) is 11.9 Å². The van der Waals surface area contributed by atoms with Crippen molar-refractivity contribution in [2.24, 2.45) is 0 Å². The predicted molar refractivity (Wildman–Crippen MR) is 66.8 cm³/mol. The lowest BCUT2D eigenvalue weighted by molar-refractivity contribution is 0.233. The van der Waals surface area contributed by atoms with Gasteiger partial charge in [0.15, 0.2) is 5.82 Å². The number of aliphatic hydroxyl groups is 1. The molecule has 0 amide bonds. The van der Waals surface area contributed by atoms with Crippen LogP contribution in [0.25, 0.3) is 0 Å². The summed E-state index contributed by atoms with van der Waals surface area (Å²) in [6.45, 7) is 3.59. The zero-order valence-electron chi connectivity index (χ0n) is 9.66. The maximum absolute atomic E-state index is 11.9. The van der Waals surface area contributed by atoms with Gasteiger partial charge in [-0.05, 0) is 36.6 Å². The van der Waals surface area contributed by atoms with Crippen LogP contribution < -0.4 is 5.32 Å². The minimum atomic E-state index is -1.08. The SMILES string of the molecule is CC(C)(CO)Nc1nc(Cl)nc2c1[S+]([O-])CC2. The van der Waals surface area contributed by atoms with Crippen molar-refractivity contribution in [1.29, 1.82) is 0 Å². The molecule has 1 aliphatic heterocycles. The molecule has 17 heavy (non-hydrogen) atoms. The maximum Gasteiger partial charge on any atom is 0.224 e. The van der Waals surface area contributed by atoms with Crippen LogP contribution in [0.4, 0.5) is 5.82 Å². The molecule has 2 N–H and O–H groups in total. The fraction of sp³-hybridized carbons (Fsp3) is 0.600. The third-order valence-electron chi connectivity index (χ3n) is 2.51. The van der Waals surface area contributed by atoms with Gasteiger partial charge in [-0.3, -0.25) is 0 Å². The zero-order chi connectivity index (χ0) is 12.6. The van der Waals surface area contributed by atoms with Crippen LogP contribution in [0.15, 0.2) is 4.90 Å². The lowest BCUT2D eigenvalue weighted by Crippen LogP contribution is -2.36. The number of anilines is 1. The van der Waals surface area contributed by atoms with Crippen molar-refractivity contribution in [3.05, 3.63) is 11.0 Å². The molecule has 0 fully saturated rings. The molecule has 1 aromatic heterocycles. The minimum absolute atomic E-state index is 0.0595. The molecule has 1 aliphatic rings. The maximum atomic E-state index is 11.9. The number of hydrogen-bond acceptors (Lipinski definition) is 5. The molecule has 0 bridgehead atoms. The third kappa shape index (κ3) is 2.65. The van der Waals surface area contributed by atoms with Crippen molar-refractivity contribution in [1.82, 2.24) is 9.97 Å². The van der Waals surface area contributed by atoms with Crippen molar-refractivity contribution < 1.29 is 9.66 Å². The molecule has 0 saturated heterocycles. The largest absolute Gasteiger partial charge is 0.611 e. The van der Waals surface area contributed by atoms with Crippen LogP contribution in [0.1, 0.15) is 19.5 Å². The molecule has 7 heteroatoms. The molecule has 2 rings (SSSR count). The van der Waals surface area contributed by atoms with E-state index in [9.17, 15) is 9.66 Å². The Morgan fingerprint density at radius 2 is 2.24 bits per heavy atom. The molecule has 1 atom stereocenters. The van der Waals surface area contributed by atoms with Crippen molar-refractivity contribution in [3.63, 3.8) is 0 Å². The first-order chi connectivity index (χ1) is 7.93. The van der Waals surface area contributed by atoms with Gasteiger partial charge in [0.05, 0.1) is 12.1 Å². The highest BCUT2D eigenvalue weighted by Crippen LogP contribution is 2.32. The number of nitrogens with zero attached hydrogens (tertiary/aromatic N) is 2. The van der Waals surface area contributed by atoms with Crippen molar-refractivity contribution in [2.45, 2.75) is 30.7 Å². The van der Waals surface area contributed by atoms with Crippen LogP contribution in [0.2, 0.25) is 5.28 Å². The van der Waals surface area contributed by atoms with Gasteiger partial charge in [0.2, 0.25) is 10.2 Å².